The van der Waals surface area contributed by atoms with Gasteiger partial charge in [-0.2, -0.15) is 0 Å². The van der Waals surface area contributed by atoms with Crippen LogP contribution in [0.1, 0.15) is 44.6 Å². The van der Waals surface area contributed by atoms with Crippen LogP contribution in [0.3, 0.4) is 0 Å². The molecule has 1 aromatic rings. The highest BCUT2D eigenvalue weighted by Gasteiger charge is 2.26. The quantitative estimate of drug-likeness (QED) is 0.647. The van der Waals surface area contributed by atoms with Crippen LogP contribution in [-0.2, 0) is 16.0 Å². The van der Waals surface area contributed by atoms with Crippen LogP contribution in [0.2, 0.25) is 0 Å². The molecule has 5 nitrogen and oxygen atoms in total. The van der Waals surface area contributed by atoms with Crippen LogP contribution in [0.25, 0.3) is 0 Å². The van der Waals surface area contributed by atoms with Gasteiger partial charge in [-0.1, -0.05) is 31.9 Å². The highest BCUT2D eigenvalue weighted by molar-refractivity contribution is 6.39. The summed E-state index contributed by atoms with van der Waals surface area (Å²) in [4.78, 5) is 25.6. The molecule has 126 valence electrons. The smallest absolute Gasteiger partial charge is 0.313 e. The van der Waals surface area contributed by atoms with Crippen molar-refractivity contribution in [3.05, 3.63) is 29.8 Å². The Labute approximate surface area is 137 Å². The Kier molecular flexibility index (Phi) is 6.59. The summed E-state index contributed by atoms with van der Waals surface area (Å²) < 4.78 is 0. The Morgan fingerprint density at radius 1 is 1.17 bits per heavy atom. The van der Waals surface area contributed by atoms with Crippen molar-refractivity contribution in [2.45, 2.75) is 51.6 Å². The van der Waals surface area contributed by atoms with Crippen molar-refractivity contribution in [1.82, 2.24) is 4.90 Å². The number of amides is 2. The molecule has 2 N–H and O–H groups in total. The van der Waals surface area contributed by atoms with Gasteiger partial charge >= 0.3 is 11.8 Å². The Balaban J connectivity index is 1.83. The van der Waals surface area contributed by atoms with Crippen LogP contribution >= 0.6 is 0 Å². The van der Waals surface area contributed by atoms with Crippen molar-refractivity contribution in [2.75, 3.05) is 18.4 Å². The first-order chi connectivity index (χ1) is 11.1. The van der Waals surface area contributed by atoms with Crippen molar-refractivity contribution in [2.24, 2.45) is 0 Å². The predicted molar refractivity (Wildman–Crippen MR) is 90.1 cm³/mol. The minimum Gasteiger partial charge on any atom is -0.393 e. The van der Waals surface area contributed by atoms with Gasteiger partial charge in [-0.05, 0) is 43.4 Å². The standard InChI is InChI=1S/C18H26N2O3/c1-2-3-4-5-14-6-8-15(9-7-14)19-17(22)18(23)20-12-10-16(21)11-13-20/h6-9,16,21H,2-5,10-13H2,1H3,(H,19,22). The highest BCUT2D eigenvalue weighted by Crippen LogP contribution is 2.14. The molecule has 0 aliphatic carbocycles. The van der Waals surface area contributed by atoms with Gasteiger partial charge < -0.3 is 15.3 Å². The zero-order valence-electron chi connectivity index (χ0n) is 13.8. The van der Waals surface area contributed by atoms with Crippen LogP contribution in [0.4, 0.5) is 5.69 Å². The van der Waals surface area contributed by atoms with Crippen LogP contribution < -0.4 is 5.32 Å². The van der Waals surface area contributed by atoms with Crippen LogP contribution in [-0.4, -0.2) is 41.0 Å². The van der Waals surface area contributed by atoms with E-state index in [1.165, 1.54) is 29.7 Å². The number of aryl methyl sites for hydroxylation is 1. The van der Waals surface area contributed by atoms with E-state index < -0.39 is 11.8 Å². The summed E-state index contributed by atoms with van der Waals surface area (Å²) in [7, 11) is 0. The average Bonchev–Trinajstić information content (AvgIpc) is 2.56. The molecule has 1 saturated heterocycles. The molecule has 5 heteroatoms. The maximum Gasteiger partial charge on any atom is 0.313 e. The van der Waals surface area contributed by atoms with E-state index in [1.807, 2.05) is 24.3 Å². The summed E-state index contributed by atoms with van der Waals surface area (Å²) in [5, 5.41) is 12.1. The first-order valence-corrected chi connectivity index (χ1v) is 8.47. The number of nitrogens with zero attached hydrogens (tertiary/aromatic N) is 1. The predicted octanol–water partition coefficient (Wildman–Crippen LogP) is 2.34. The molecule has 0 atom stereocenters. The zero-order valence-corrected chi connectivity index (χ0v) is 13.8. The van der Waals surface area contributed by atoms with E-state index in [1.54, 1.807) is 0 Å². The van der Waals surface area contributed by atoms with Gasteiger partial charge in [0.2, 0.25) is 0 Å². The molecular weight excluding hydrogens is 292 g/mol. The second kappa shape index (κ2) is 8.67. The number of hydrogen-bond donors (Lipinski definition) is 2. The summed E-state index contributed by atoms with van der Waals surface area (Å²) in [6, 6.07) is 7.67. The lowest BCUT2D eigenvalue weighted by Crippen LogP contribution is -2.45. The van der Waals surface area contributed by atoms with Crippen molar-refractivity contribution >= 4 is 17.5 Å². The van der Waals surface area contributed by atoms with E-state index in [0.29, 0.717) is 31.6 Å². The van der Waals surface area contributed by atoms with Gasteiger partial charge in [0.05, 0.1) is 6.10 Å². The van der Waals surface area contributed by atoms with Gasteiger partial charge in [0.15, 0.2) is 0 Å². The molecule has 1 fully saturated rings. The Bertz CT molecular complexity index is 520. The number of hydrogen-bond acceptors (Lipinski definition) is 3. The van der Waals surface area contributed by atoms with Crippen molar-refractivity contribution < 1.29 is 14.7 Å². The SMILES string of the molecule is CCCCCc1ccc(NC(=O)C(=O)N2CCC(O)CC2)cc1. The van der Waals surface area contributed by atoms with E-state index in [-0.39, 0.29) is 6.10 Å². The molecule has 0 spiro atoms. The number of carbonyl (C=O) groups excluding carboxylic acids is 2. The molecule has 0 radical (unpaired) electrons. The zero-order chi connectivity index (χ0) is 16.7. The molecule has 1 aliphatic heterocycles. The summed E-state index contributed by atoms with van der Waals surface area (Å²) in [6.07, 6.45) is 5.33. The molecule has 0 unspecified atom stereocenters. The Hall–Kier alpha value is -1.88. The second-order valence-electron chi connectivity index (χ2n) is 6.13. The van der Waals surface area contributed by atoms with Crippen molar-refractivity contribution in [3.8, 4) is 0 Å². The number of piperidine rings is 1. The van der Waals surface area contributed by atoms with E-state index in [2.05, 4.69) is 12.2 Å². The number of carbonyl (C=O) groups is 2. The monoisotopic (exact) mass is 318 g/mol. The van der Waals surface area contributed by atoms with Crippen molar-refractivity contribution in [3.63, 3.8) is 0 Å². The molecular formula is C18H26N2O3. The van der Waals surface area contributed by atoms with Crippen molar-refractivity contribution in [1.29, 1.82) is 0 Å². The molecule has 1 heterocycles. The fourth-order valence-corrected chi connectivity index (χ4v) is 2.73. The lowest BCUT2D eigenvalue weighted by molar-refractivity contribution is -0.144. The van der Waals surface area contributed by atoms with Gasteiger partial charge in [0.25, 0.3) is 0 Å². The molecule has 0 bridgehead atoms. The Morgan fingerprint density at radius 3 is 2.43 bits per heavy atom. The normalized spacial score (nSPS) is 15.5. The van der Waals surface area contributed by atoms with Crippen LogP contribution in [0.15, 0.2) is 24.3 Å². The van der Waals surface area contributed by atoms with Crippen LogP contribution in [0, 0.1) is 0 Å². The number of rotatable bonds is 5. The maximum absolute atomic E-state index is 12.1. The van der Waals surface area contributed by atoms with Crippen LogP contribution in [0.5, 0.6) is 0 Å². The minimum atomic E-state index is -0.611. The summed E-state index contributed by atoms with van der Waals surface area (Å²) in [6.45, 7) is 3.05. The first kappa shape index (κ1) is 17.5. The largest absolute Gasteiger partial charge is 0.393 e. The third kappa shape index (κ3) is 5.36. The topological polar surface area (TPSA) is 69.6 Å². The summed E-state index contributed by atoms with van der Waals surface area (Å²) >= 11 is 0. The fraction of sp³-hybridized carbons (Fsp3) is 0.556. The number of unbranched alkanes of at least 4 members (excludes halogenated alkanes) is 2. The molecule has 23 heavy (non-hydrogen) atoms. The number of nitrogens with one attached hydrogen (secondary N) is 1. The molecule has 1 aliphatic rings. The highest BCUT2D eigenvalue weighted by atomic mass is 16.3. The van der Waals surface area contributed by atoms with Gasteiger partial charge in [-0.25, -0.2) is 0 Å². The third-order valence-corrected chi connectivity index (χ3v) is 4.23. The number of likely N-dealkylation sites (tertiary alicyclic amines) is 1. The molecule has 1 aromatic carbocycles. The summed E-state index contributed by atoms with van der Waals surface area (Å²) in [5.74, 6) is -1.14. The average molecular weight is 318 g/mol. The third-order valence-electron chi connectivity index (χ3n) is 4.23. The number of benzene rings is 1. The van der Waals surface area contributed by atoms with E-state index in [0.717, 1.165) is 6.42 Å². The minimum absolute atomic E-state index is 0.359. The lowest BCUT2D eigenvalue weighted by Gasteiger charge is -2.28. The fourth-order valence-electron chi connectivity index (χ4n) is 2.73. The summed E-state index contributed by atoms with van der Waals surface area (Å²) in [5.41, 5.74) is 1.88. The van der Waals surface area contributed by atoms with E-state index >= 15 is 0 Å². The second-order valence-corrected chi connectivity index (χ2v) is 6.13. The van der Waals surface area contributed by atoms with Gasteiger partial charge in [-0.15, -0.1) is 0 Å². The Morgan fingerprint density at radius 2 is 1.83 bits per heavy atom. The van der Waals surface area contributed by atoms with Gasteiger partial charge in [0.1, 0.15) is 0 Å². The van der Waals surface area contributed by atoms with E-state index in [4.69, 9.17) is 0 Å². The molecule has 0 saturated carbocycles. The van der Waals surface area contributed by atoms with Gasteiger partial charge in [0, 0.05) is 18.8 Å². The first-order valence-electron chi connectivity index (χ1n) is 8.47. The number of anilines is 1. The van der Waals surface area contributed by atoms with E-state index in [9.17, 15) is 14.7 Å². The number of aliphatic hydroxyl groups is 1. The molecule has 2 amide bonds. The maximum atomic E-state index is 12.1. The molecule has 2 rings (SSSR count). The number of aliphatic hydroxyl groups excluding tert-OH is 1. The lowest BCUT2D eigenvalue weighted by atomic mass is 10.1. The van der Waals surface area contributed by atoms with Gasteiger partial charge in [-0.3, -0.25) is 9.59 Å². The molecule has 0 aromatic heterocycles.